The first-order valence-electron chi connectivity index (χ1n) is 9.80. The average Bonchev–Trinajstić information content (AvgIpc) is 3.44. The summed E-state index contributed by atoms with van der Waals surface area (Å²) in [5, 5.41) is 1.33. The lowest BCUT2D eigenvalue weighted by molar-refractivity contribution is -0.0878. The fourth-order valence-corrected chi connectivity index (χ4v) is 4.07. The number of methoxy groups -OCH3 is 1. The second kappa shape index (κ2) is 7.72. The third kappa shape index (κ3) is 3.94. The maximum absolute atomic E-state index is 13.2. The van der Waals surface area contributed by atoms with Gasteiger partial charge in [-0.2, -0.15) is 0 Å². The monoisotopic (exact) mass is 391 g/mol. The molecule has 1 aliphatic heterocycles. The molecular weight excluding hydrogens is 366 g/mol. The molecule has 1 amide bonds. The SMILES string of the molecule is CCCC[C@@H]1CN(C(=O)c2cc3cc(Cl)cc(OC)c3o2)C[C@H](C2CC2)O1. The summed E-state index contributed by atoms with van der Waals surface area (Å²) in [5.74, 6) is 1.38. The molecule has 2 aliphatic rings. The Morgan fingerprint density at radius 2 is 2.11 bits per heavy atom. The fraction of sp³-hybridized carbons (Fsp3) is 0.571. The normalized spacial score (nSPS) is 23.0. The number of carbonyl (C=O) groups is 1. The Bertz CT molecular complexity index is 829. The van der Waals surface area contributed by atoms with Crippen molar-refractivity contribution in [2.75, 3.05) is 20.2 Å². The van der Waals surface area contributed by atoms with Gasteiger partial charge >= 0.3 is 0 Å². The number of halogens is 1. The third-order valence-corrected chi connectivity index (χ3v) is 5.70. The van der Waals surface area contributed by atoms with Gasteiger partial charge in [0.2, 0.25) is 0 Å². The number of amides is 1. The van der Waals surface area contributed by atoms with Gasteiger partial charge in [-0.3, -0.25) is 4.79 Å². The topological polar surface area (TPSA) is 51.9 Å². The molecule has 4 rings (SSSR count). The molecule has 2 fully saturated rings. The summed E-state index contributed by atoms with van der Waals surface area (Å²) >= 11 is 6.14. The van der Waals surface area contributed by atoms with Gasteiger partial charge in [0.25, 0.3) is 5.91 Å². The number of hydrogen-bond donors (Lipinski definition) is 0. The Morgan fingerprint density at radius 1 is 1.30 bits per heavy atom. The largest absolute Gasteiger partial charge is 0.493 e. The van der Waals surface area contributed by atoms with E-state index in [1.165, 1.54) is 12.8 Å². The van der Waals surface area contributed by atoms with Gasteiger partial charge in [-0.05, 0) is 37.3 Å². The van der Waals surface area contributed by atoms with Crippen LogP contribution in [0, 0.1) is 5.92 Å². The van der Waals surface area contributed by atoms with Crippen molar-refractivity contribution in [2.45, 2.75) is 51.2 Å². The predicted molar refractivity (Wildman–Crippen MR) is 105 cm³/mol. The molecule has 2 heterocycles. The maximum atomic E-state index is 13.2. The van der Waals surface area contributed by atoms with Gasteiger partial charge in [-0.1, -0.05) is 31.4 Å². The summed E-state index contributed by atoms with van der Waals surface area (Å²) in [6.45, 7) is 3.44. The standard InChI is InChI=1S/C21H26ClNO4/c1-3-4-5-16-11-23(12-19(26-16)13-6-7-13)21(24)18-9-14-8-15(22)10-17(25-2)20(14)27-18/h8-10,13,16,19H,3-7,11-12H2,1-2H3/t16-,19-/m1/s1. The van der Waals surface area contributed by atoms with Crippen molar-refractivity contribution < 1.29 is 18.7 Å². The van der Waals surface area contributed by atoms with Gasteiger partial charge < -0.3 is 18.8 Å². The molecule has 1 aromatic carbocycles. The molecule has 1 saturated heterocycles. The van der Waals surface area contributed by atoms with Gasteiger partial charge in [0.05, 0.1) is 19.3 Å². The molecule has 2 aromatic rings. The number of rotatable bonds is 6. The fourth-order valence-electron chi connectivity index (χ4n) is 3.85. The molecule has 0 unspecified atom stereocenters. The number of hydrogen-bond acceptors (Lipinski definition) is 4. The van der Waals surface area contributed by atoms with Crippen LogP contribution in [-0.4, -0.2) is 43.2 Å². The summed E-state index contributed by atoms with van der Waals surface area (Å²) in [5.41, 5.74) is 0.555. The first-order valence-corrected chi connectivity index (χ1v) is 10.2. The average molecular weight is 392 g/mol. The summed E-state index contributed by atoms with van der Waals surface area (Å²) in [4.78, 5) is 15.1. The number of nitrogens with zero attached hydrogens (tertiary/aromatic N) is 1. The van der Waals surface area contributed by atoms with E-state index in [2.05, 4.69) is 6.92 Å². The number of ether oxygens (including phenoxy) is 2. The van der Waals surface area contributed by atoms with Gasteiger partial charge in [0.15, 0.2) is 17.1 Å². The summed E-state index contributed by atoms with van der Waals surface area (Å²) in [6, 6.07) is 5.24. The van der Waals surface area contributed by atoms with Crippen LogP contribution in [0.5, 0.6) is 5.75 Å². The van der Waals surface area contributed by atoms with Crippen molar-refractivity contribution in [1.29, 1.82) is 0 Å². The third-order valence-electron chi connectivity index (χ3n) is 5.48. The Morgan fingerprint density at radius 3 is 2.81 bits per heavy atom. The van der Waals surface area contributed by atoms with Crippen molar-refractivity contribution in [3.8, 4) is 5.75 Å². The highest BCUT2D eigenvalue weighted by Crippen LogP contribution is 2.38. The van der Waals surface area contributed by atoms with Crippen LogP contribution in [0.25, 0.3) is 11.0 Å². The summed E-state index contributed by atoms with van der Waals surface area (Å²) in [7, 11) is 1.57. The second-order valence-electron chi connectivity index (χ2n) is 7.62. The Balaban J connectivity index is 1.57. The molecule has 2 atom stereocenters. The molecular formula is C21H26ClNO4. The summed E-state index contributed by atoms with van der Waals surface area (Å²) in [6.07, 6.45) is 5.91. The lowest BCUT2D eigenvalue weighted by atomic mass is 10.1. The molecule has 1 aromatic heterocycles. The van der Waals surface area contributed by atoms with Gasteiger partial charge in [0, 0.05) is 29.6 Å². The van der Waals surface area contributed by atoms with Crippen molar-refractivity contribution in [2.24, 2.45) is 5.92 Å². The zero-order valence-corrected chi connectivity index (χ0v) is 16.6. The predicted octanol–water partition coefficient (Wildman–Crippen LogP) is 4.90. The van der Waals surface area contributed by atoms with Gasteiger partial charge in [0.1, 0.15) is 0 Å². The van der Waals surface area contributed by atoms with Crippen molar-refractivity contribution in [1.82, 2.24) is 4.90 Å². The lowest BCUT2D eigenvalue weighted by Crippen LogP contribution is -2.50. The van der Waals surface area contributed by atoms with Crippen molar-refractivity contribution in [3.63, 3.8) is 0 Å². The second-order valence-corrected chi connectivity index (χ2v) is 8.06. The quantitative estimate of drug-likeness (QED) is 0.702. The number of morpholine rings is 1. The number of furan rings is 1. The minimum absolute atomic E-state index is 0.0835. The summed E-state index contributed by atoms with van der Waals surface area (Å²) < 4.78 is 17.5. The van der Waals surface area contributed by atoms with Gasteiger partial charge in [-0.25, -0.2) is 0 Å². The molecule has 0 bridgehead atoms. The van der Waals surface area contributed by atoms with E-state index in [1.807, 2.05) is 4.90 Å². The van der Waals surface area contributed by atoms with Gasteiger partial charge in [-0.15, -0.1) is 0 Å². The zero-order valence-electron chi connectivity index (χ0n) is 15.9. The first kappa shape index (κ1) is 18.6. The van der Waals surface area contributed by atoms with E-state index in [9.17, 15) is 4.79 Å². The molecule has 5 nitrogen and oxygen atoms in total. The number of benzene rings is 1. The van der Waals surface area contributed by atoms with Crippen LogP contribution in [0.3, 0.4) is 0 Å². The van der Waals surface area contributed by atoms with Crippen molar-refractivity contribution in [3.05, 3.63) is 29.0 Å². The molecule has 0 radical (unpaired) electrons. The number of carbonyl (C=O) groups excluding carboxylic acids is 1. The van der Waals surface area contributed by atoms with Crippen molar-refractivity contribution >= 4 is 28.5 Å². The Kier molecular flexibility index (Phi) is 5.33. The Hall–Kier alpha value is -1.72. The highest BCUT2D eigenvalue weighted by atomic mass is 35.5. The first-order chi connectivity index (χ1) is 13.1. The number of fused-ring (bicyclic) bond motifs is 1. The molecule has 6 heteroatoms. The minimum Gasteiger partial charge on any atom is -0.493 e. The molecule has 146 valence electrons. The lowest BCUT2D eigenvalue weighted by Gasteiger charge is -2.38. The molecule has 27 heavy (non-hydrogen) atoms. The van der Waals surface area contributed by atoms with Crippen LogP contribution < -0.4 is 4.74 Å². The highest BCUT2D eigenvalue weighted by molar-refractivity contribution is 6.31. The minimum atomic E-state index is -0.0835. The van der Waals surface area contributed by atoms with Crippen LogP contribution in [0.4, 0.5) is 0 Å². The van der Waals surface area contributed by atoms with E-state index >= 15 is 0 Å². The smallest absolute Gasteiger partial charge is 0.289 e. The van der Waals surface area contributed by atoms with Crippen LogP contribution in [0.2, 0.25) is 5.02 Å². The van der Waals surface area contributed by atoms with Crippen LogP contribution in [-0.2, 0) is 4.74 Å². The van der Waals surface area contributed by atoms with Crippen LogP contribution in [0.15, 0.2) is 22.6 Å². The van der Waals surface area contributed by atoms with Crippen LogP contribution >= 0.6 is 11.6 Å². The zero-order chi connectivity index (χ0) is 19.0. The van der Waals surface area contributed by atoms with E-state index in [4.69, 9.17) is 25.5 Å². The molecule has 1 saturated carbocycles. The maximum Gasteiger partial charge on any atom is 0.289 e. The van der Waals surface area contributed by atoms with E-state index in [0.717, 1.165) is 24.6 Å². The molecule has 0 spiro atoms. The van der Waals surface area contributed by atoms with E-state index in [-0.39, 0.29) is 18.1 Å². The van der Waals surface area contributed by atoms with Crippen LogP contribution in [0.1, 0.15) is 49.6 Å². The number of unbranched alkanes of at least 4 members (excludes halogenated alkanes) is 1. The molecule has 1 aliphatic carbocycles. The van der Waals surface area contributed by atoms with E-state index in [0.29, 0.717) is 41.1 Å². The molecule has 0 N–H and O–H groups in total. The van der Waals surface area contributed by atoms with E-state index in [1.54, 1.807) is 25.3 Å². The highest BCUT2D eigenvalue weighted by Gasteiger charge is 2.40. The Labute approximate surface area is 164 Å². The van der Waals surface area contributed by atoms with E-state index < -0.39 is 0 Å².